The maximum atomic E-state index is 13.0. The van der Waals surface area contributed by atoms with E-state index in [0.717, 1.165) is 34.0 Å². The quantitative estimate of drug-likeness (QED) is 0.0276. The van der Waals surface area contributed by atoms with Crippen LogP contribution in [0.25, 0.3) is 32.5 Å². The fourth-order valence-electron chi connectivity index (χ4n) is 6.58. The SMILES string of the molecule is CCC(Oc1ccc(-c2noc(=O)[nH]2)c(OC(F)F)c1)c1sc(-c2ccc(C(F)(F)F)cc2)nc1C.CCC(Oc1ccc(C(N)=NO)c(OC(F)F)c1)c1sc(-c2ccc(C(F)(F)F)cc2)nc1C. The fourth-order valence-corrected chi connectivity index (χ4v) is 8.95. The number of nitrogens with one attached hydrogen (secondary N) is 1. The lowest BCUT2D eigenvalue weighted by Crippen LogP contribution is -2.16. The average molecular weight is 1030 g/mol. The molecule has 3 aromatic heterocycles. The molecule has 0 fully saturated rings. The lowest BCUT2D eigenvalue weighted by atomic mass is 10.1. The van der Waals surface area contributed by atoms with Crippen molar-refractivity contribution in [2.45, 2.75) is 78.3 Å². The van der Waals surface area contributed by atoms with E-state index < -0.39 is 60.5 Å². The zero-order valence-corrected chi connectivity index (χ0v) is 38.3. The number of rotatable bonds is 16. The van der Waals surface area contributed by atoms with Gasteiger partial charge in [0.1, 0.15) is 45.2 Å². The van der Waals surface area contributed by atoms with Gasteiger partial charge in [-0.05, 0) is 75.2 Å². The molecule has 372 valence electrons. The van der Waals surface area contributed by atoms with Crippen LogP contribution in [0, 0.1) is 13.8 Å². The first kappa shape index (κ1) is 52.2. The molecule has 0 saturated carbocycles. The van der Waals surface area contributed by atoms with Crippen LogP contribution in [0.1, 0.15) is 76.7 Å². The van der Waals surface area contributed by atoms with E-state index in [0.29, 0.717) is 45.4 Å². The predicted octanol–water partition coefficient (Wildman–Crippen LogP) is 13.0. The number of halogens is 10. The monoisotopic (exact) mass is 1030 g/mol. The third kappa shape index (κ3) is 12.9. The van der Waals surface area contributed by atoms with Crippen LogP contribution < -0.4 is 30.4 Å². The minimum absolute atomic E-state index is 0.0400. The third-order valence-electron chi connectivity index (χ3n) is 9.88. The van der Waals surface area contributed by atoms with E-state index >= 15 is 0 Å². The van der Waals surface area contributed by atoms with Crippen LogP contribution in [0.15, 0.2) is 99.4 Å². The van der Waals surface area contributed by atoms with Crippen molar-refractivity contribution in [3.05, 3.63) is 133 Å². The molecule has 0 spiro atoms. The zero-order chi connectivity index (χ0) is 51.1. The first-order valence-corrected chi connectivity index (χ1v) is 22.1. The zero-order valence-electron chi connectivity index (χ0n) is 36.7. The Bertz CT molecular complexity index is 2950. The molecule has 0 aliphatic heterocycles. The maximum absolute atomic E-state index is 13.0. The average Bonchev–Trinajstić information content (AvgIpc) is 4.04. The maximum Gasteiger partial charge on any atom is 0.439 e. The molecule has 0 amide bonds. The minimum Gasteiger partial charge on any atom is -0.485 e. The summed E-state index contributed by atoms with van der Waals surface area (Å²) in [5, 5.41) is 16.2. The number of ether oxygens (including phenoxy) is 4. The topological polar surface area (TPSA) is 180 Å². The predicted molar refractivity (Wildman–Crippen MR) is 237 cm³/mol. The number of oxime groups is 1. The van der Waals surface area contributed by atoms with Crippen LogP contribution in [-0.2, 0) is 12.4 Å². The lowest BCUT2D eigenvalue weighted by molar-refractivity contribution is -0.138. The largest absolute Gasteiger partial charge is 0.485 e. The Morgan fingerprint density at radius 3 is 1.54 bits per heavy atom. The first-order chi connectivity index (χ1) is 33.1. The number of thiazole rings is 2. The van der Waals surface area contributed by atoms with E-state index in [4.69, 9.17) is 20.4 Å². The summed E-state index contributed by atoms with van der Waals surface area (Å²) in [6, 6.07) is 17.5. The second-order valence-electron chi connectivity index (χ2n) is 14.6. The summed E-state index contributed by atoms with van der Waals surface area (Å²) in [6.45, 7) is 0.918. The molecule has 7 aromatic rings. The Morgan fingerprint density at radius 2 is 1.14 bits per heavy atom. The molecule has 0 aliphatic carbocycles. The Kier molecular flexibility index (Phi) is 16.5. The van der Waals surface area contributed by atoms with Crippen molar-refractivity contribution in [1.29, 1.82) is 0 Å². The number of hydrogen-bond donors (Lipinski definition) is 3. The number of nitrogens with zero attached hydrogens (tertiary/aromatic N) is 4. The Labute approximate surface area is 398 Å². The van der Waals surface area contributed by atoms with Crippen LogP contribution in [0.4, 0.5) is 43.9 Å². The van der Waals surface area contributed by atoms with Gasteiger partial charge in [-0.2, -0.15) is 43.9 Å². The second kappa shape index (κ2) is 22.1. The number of hydrogen-bond acceptors (Lipinski definition) is 13. The van der Waals surface area contributed by atoms with Gasteiger partial charge in [-0.1, -0.05) is 48.4 Å². The van der Waals surface area contributed by atoms with Crippen molar-refractivity contribution in [1.82, 2.24) is 20.1 Å². The summed E-state index contributed by atoms with van der Waals surface area (Å²) in [5.41, 5.74) is 6.34. The number of alkyl halides is 10. The van der Waals surface area contributed by atoms with Crippen LogP contribution in [-0.4, -0.2) is 44.4 Å². The molecule has 4 N–H and O–H groups in total. The van der Waals surface area contributed by atoms with Crippen molar-refractivity contribution in [2.75, 3.05) is 0 Å². The second-order valence-corrected chi connectivity index (χ2v) is 16.7. The number of benzene rings is 4. The molecule has 0 bridgehead atoms. The van der Waals surface area contributed by atoms with Crippen molar-refractivity contribution in [3.8, 4) is 55.5 Å². The van der Waals surface area contributed by atoms with Gasteiger partial charge in [0.25, 0.3) is 0 Å². The summed E-state index contributed by atoms with van der Waals surface area (Å²) >= 11 is 2.53. The molecule has 0 saturated heterocycles. The molecular weight excluding hydrogens is 991 g/mol. The van der Waals surface area contributed by atoms with Crippen LogP contribution in [0.5, 0.6) is 23.0 Å². The molecule has 7 rings (SSSR count). The number of H-pyrrole nitrogens is 1. The fraction of sp³-hybridized carbons (Fsp3) is 0.267. The molecule has 2 atom stereocenters. The van der Waals surface area contributed by atoms with Crippen LogP contribution in [0.2, 0.25) is 0 Å². The van der Waals surface area contributed by atoms with E-state index in [1.807, 2.05) is 13.8 Å². The molecule has 13 nitrogen and oxygen atoms in total. The summed E-state index contributed by atoms with van der Waals surface area (Å²) in [6.07, 6.45) is -8.94. The minimum atomic E-state index is -4.44. The molecule has 0 aliphatic rings. The third-order valence-corrected chi connectivity index (χ3v) is 12.5. The molecule has 4 aromatic carbocycles. The van der Waals surface area contributed by atoms with E-state index in [1.165, 1.54) is 83.3 Å². The van der Waals surface area contributed by atoms with Gasteiger partial charge in [-0.15, -0.1) is 22.7 Å². The summed E-state index contributed by atoms with van der Waals surface area (Å²) in [4.78, 5) is 23.9. The van der Waals surface area contributed by atoms with Gasteiger partial charge < -0.3 is 29.9 Å². The van der Waals surface area contributed by atoms with E-state index in [9.17, 15) is 48.7 Å². The Balaban J connectivity index is 0.000000230. The highest BCUT2D eigenvalue weighted by molar-refractivity contribution is 7.15. The summed E-state index contributed by atoms with van der Waals surface area (Å²) in [5.74, 6) is -1.57. The van der Waals surface area contributed by atoms with Gasteiger partial charge in [-0.3, -0.25) is 9.51 Å². The van der Waals surface area contributed by atoms with Crippen LogP contribution >= 0.6 is 22.7 Å². The smallest absolute Gasteiger partial charge is 0.439 e. The van der Waals surface area contributed by atoms with Crippen molar-refractivity contribution in [2.24, 2.45) is 10.9 Å². The number of nitrogens with two attached hydrogens (primary N) is 1. The lowest BCUT2D eigenvalue weighted by Gasteiger charge is -2.18. The van der Waals surface area contributed by atoms with Crippen LogP contribution in [0.3, 0.4) is 0 Å². The highest BCUT2D eigenvalue weighted by Crippen LogP contribution is 2.41. The Morgan fingerprint density at radius 1 is 0.700 bits per heavy atom. The summed E-state index contributed by atoms with van der Waals surface area (Å²) in [7, 11) is 0. The highest BCUT2D eigenvalue weighted by atomic mass is 32.1. The van der Waals surface area contributed by atoms with Crippen molar-refractivity contribution < 1.29 is 72.6 Å². The first-order valence-electron chi connectivity index (χ1n) is 20.4. The molecule has 70 heavy (non-hydrogen) atoms. The molecule has 2 unspecified atom stereocenters. The Hall–Kier alpha value is -7.15. The van der Waals surface area contributed by atoms with Gasteiger partial charge in [0.2, 0.25) is 0 Å². The van der Waals surface area contributed by atoms with E-state index in [-0.39, 0.29) is 39.9 Å². The van der Waals surface area contributed by atoms with Crippen molar-refractivity contribution in [3.63, 3.8) is 0 Å². The van der Waals surface area contributed by atoms with E-state index in [1.54, 1.807) is 13.8 Å². The number of amidine groups is 1. The number of aromatic amines is 1. The van der Waals surface area contributed by atoms with Gasteiger partial charge in [0, 0.05) is 23.3 Å². The summed E-state index contributed by atoms with van der Waals surface area (Å²) < 4.78 is 154. The molecular formula is C45H38F10N6O7S2. The van der Waals surface area contributed by atoms with E-state index in [2.05, 4.69) is 39.3 Å². The van der Waals surface area contributed by atoms with Gasteiger partial charge in [0.05, 0.1) is 43.4 Å². The standard InChI is InChI=1S/C23H18F5N3O4S.C22H20F5N3O3S/c1-3-16(18-11(2)29-20(36-18)12-4-6-13(7-5-12)23(26,27)28)33-14-8-9-15(17(10-14)34-21(24)25)19-30-22(32)35-31-19;1-3-16(32-14-8-9-15(19(28)30-31)17(10-14)33-21(23)24)18-11(2)29-20(34-18)12-4-6-13(7-5-12)22(25,26)27/h4-10,16,21H,3H2,1-2H3,(H,30,31,32);4-10,16,21,31H,3H2,1-2H3,(H2,28,30). The molecule has 3 heterocycles. The molecule has 0 radical (unpaired) electrons. The number of aromatic nitrogens is 4. The highest BCUT2D eigenvalue weighted by Gasteiger charge is 2.32. The molecule has 25 heteroatoms. The number of aryl methyl sites for hydroxylation is 2. The van der Waals surface area contributed by atoms with Gasteiger partial charge in [0.15, 0.2) is 11.7 Å². The van der Waals surface area contributed by atoms with Gasteiger partial charge >= 0.3 is 31.3 Å². The van der Waals surface area contributed by atoms with Crippen molar-refractivity contribution >= 4 is 28.5 Å². The normalized spacial score (nSPS) is 12.9. The van der Waals surface area contributed by atoms with Gasteiger partial charge in [-0.25, -0.2) is 14.8 Å².